The molecule has 1 aliphatic heterocycles. The zero-order valence-electron chi connectivity index (χ0n) is 14.6. The van der Waals surface area contributed by atoms with Gasteiger partial charge in [-0.25, -0.2) is 9.97 Å². The minimum atomic E-state index is -0.197. The highest BCUT2D eigenvalue weighted by Gasteiger charge is 2.15. The average molecular weight is 348 g/mol. The van der Waals surface area contributed by atoms with Crippen molar-refractivity contribution in [2.24, 2.45) is 0 Å². The molecule has 7 heteroatoms. The molecular formula is C19H20N6O. The van der Waals surface area contributed by atoms with Crippen molar-refractivity contribution in [3.05, 3.63) is 59.1 Å². The Hall–Kier alpha value is -3.06. The molecule has 0 atom stereocenters. The Morgan fingerprint density at radius 3 is 2.50 bits per heavy atom. The summed E-state index contributed by atoms with van der Waals surface area (Å²) in [5.74, 6) is 0.453. The van der Waals surface area contributed by atoms with E-state index in [1.165, 1.54) is 12.3 Å². The zero-order valence-corrected chi connectivity index (χ0v) is 14.6. The van der Waals surface area contributed by atoms with Gasteiger partial charge in [-0.15, -0.1) is 0 Å². The first-order chi connectivity index (χ1) is 12.7. The van der Waals surface area contributed by atoms with Gasteiger partial charge >= 0.3 is 0 Å². The number of likely N-dealkylation sites (N-methyl/N-ethyl adjacent to an activating group) is 1. The van der Waals surface area contributed by atoms with Gasteiger partial charge in [0.25, 0.3) is 5.56 Å². The second-order valence-electron chi connectivity index (χ2n) is 6.38. The highest BCUT2D eigenvalue weighted by Crippen LogP contribution is 2.23. The Kier molecular flexibility index (Phi) is 4.45. The van der Waals surface area contributed by atoms with E-state index in [-0.39, 0.29) is 5.56 Å². The molecule has 26 heavy (non-hydrogen) atoms. The summed E-state index contributed by atoms with van der Waals surface area (Å²) in [5, 5.41) is 0. The summed E-state index contributed by atoms with van der Waals surface area (Å²) in [7, 11) is 2.15. The number of anilines is 1. The van der Waals surface area contributed by atoms with E-state index < -0.39 is 0 Å². The van der Waals surface area contributed by atoms with Gasteiger partial charge in [0.15, 0.2) is 5.82 Å². The van der Waals surface area contributed by atoms with Crippen LogP contribution >= 0.6 is 0 Å². The Morgan fingerprint density at radius 2 is 1.69 bits per heavy atom. The molecule has 1 fully saturated rings. The number of nitrogens with zero attached hydrogens (tertiary/aromatic N) is 5. The number of aromatic nitrogens is 4. The molecule has 3 aromatic heterocycles. The molecule has 0 aromatic carbocycles. The fourth-order valence-corrected chi connectivity index (χ4v) is 3.03. The molecule has 1 N–H and O–H groups in total. The second-order valence-corrected chi connectivity index (χ2v) is 6.38. The maximum atomic E-state index is 11.5. The summed E-state index contributed by atoms with van der Waals surface area (Å²) in [4.78, 5) is 32.2. The molecule has 4 rings (SSSR count). The lowest BCUT2D eigenvalue weighted by molar-refractivity contribution is 0.313. The fourth-order valence-electron chi connectivity index (χ4n) is 3.03. The van der Waals surface area contributed by atoms with Crippen LogP contribution in [0.15, 0.2) is 53.6 Å². The minimum Gasteiger partial charge on any atom is -0.369 e. The van der Waals surface area contributed by atoms with Crippen LogP contribution in [0.1, 0.15) is 0 Å². The monoisotopic (exact) mass is 348 g/mol. The summed E-state index contributed by atoms with van der Waals surface area (Å²) in [6.07, 6.45) is 3.30. The van der Waals surface area contributed by atoms with E-state index in [0.717, 1.165) is 43.3 Å². The molecule has 0 saturated carbocycles. The standard InChI is InChI=1S/C19H20N6O/c1-24-9-11-25(12-10-24)14-5-7-20-17(13-14)15-3-2-4-16(22-15)19-21-8-6-18(26)23-19/h2-8,13H,9-12H2,1H3,(H,21,23,26). The normalized spacial score (nSPS) is 15.2. The highest BCUT2D eigenvalue weighted by molar-refractivity contribution is 5.64. The number of pyridine rings is 2. The van der Waals surface area contributed by atoms with Crippen molar-refractivity contribution < 1.29 is 0 Å². The summed E-state index contributed by atoms with van der Waals surface area (Å²) in [5.41, 5.74) is 3.14. The average Bonchev–Trinajstić information content (AvgIpc) is 2.69. The summed E-state index contributed by atoms with van der Waals surface area (Å²) >= 11 is 0. The van der Waals surface area contributed by atoms with Gasteiger partial charge in [-0.2, -0.15) is 0 Å². The van der Waals surface area contributed by atoms with E-state index in [4.69, 9.17) is 0 Å². The van der Waals surface area contributed by atoms with E-state index >= 15 is 0 Å². The fraction of sp³-hybridized carbons (Fsp3) is 0.263. The van der Waals surface area contributed by atoms with Gasteiger partial charge in [0.1, 0.15) is 5.69 Å². The lowest BCUT2D eigenvalue weighted by Gasteiger charge is -2.34. The predicted molar refractivity (Wildman–Crippen MR) is 101 cm³/mol. The number of piperazine rings is 1. The van der Waals surface area contributed by atoms with Crippen molar-refractivity contribution in [2.45, 2.75) is 0 Å². The summed E-state index contributed by atoms with van der Waals surface area (Å²) in [6.45, 7) is 4.11. The molecule has 0 radical (unpaired) electrons. The van der Waals surface area contributed by atoms with Crippen LogP contribution in [-0.2, 0) is 0 Å². The van der Waals surface area contributed by atoms with Gasteiger partial charge < -0.3 is 14.8 Å². The lowest BCUT2D eigenvalue weighted by Crippen LogP contribution is -2.44. The van der Waals surface area contributed by atoms with Crippen molar-refractivity contribution in [3.63, 3.8) is 0 Å². The first-order valence-corrected chi connectivity index (χ1v) is 8.62. The number of aromatic amines is 1. The topological polar surface area (TPSA) is 78.0 Å². The molecule has 1 aliphatic rings. The van der Waals surface area contributed by atoms with Crippen LogP contribution in [0.2, 0.25) is 0 Å². The van der Waals surface area contributed by atoms with Crippen LogP contribution in [0.25, 0.3) is 22.9 Å². The van der Waals surface area contributed by atoms with E-state index in [1.807, 2.05) is 30.5 Å². The molecule has 132 valence electrons. The quantitative estimate of drug-likeness (QED) is 0.775. The molecule has 7 nitrogen and oxygen atoms in total. The van der Waals surface area contributed by atoms with Crippen molar-refractivity contribution >= 4 is 5.69 Å². The minimum absolute atomic E-state index is 0.197. The third-order valence-corrected chi connectivity index (χ3v) is 4.54. The van der Waals surface area contributed by atoms with Crippen molar-refractivity contribution in [3.8, 4) is 22.9 Å². The maximum Gasteiger partial charge on any atom is 0.251 e. The van der Waals surface area contributed by atoms with Gasteiger partial charge in [0, 0.05) is 50.3 Å². The Balaban J connectivity index is 1.65. The van der Waals surface area contributed by atoms with Crippen LogP contribution in [-0.4, -0.2) is 58.1 Å². The van der Waals surface area contributed by atoms with Crippen LogP contribution < -0.4 is 10.5 Å². The third-order valence-electron chi connectivity index (χ3n) is 4.54. The highest BCUT2D eigenvalue weighted by atomic mass is 16.1. The molecule has 0 spiro atoms. The van der Waals surface area contributed by atoms with Crippen LogP contribution in [0.4, 0.5) is 5.69 Å². The molecular weight excluding hydrogens is 328 g/mol. The molecule has 1 saturated heterocycles. The van der Waals surface area contributed by atoms with Crippen LogP contribution in [0.3, 0.4) is 0 Å². The Bertz CT molecular complexity index is 962. The van der Waals surface area contributed by atoms with Crippen LogP contribution in [0.5, 0.6) is 0 Å². The summed E-state index contributed by atoms with van der Waals surface area (Å²) < 4.78 is 0. The number of hydrogen-bond donors (Lipinski definition) is 1. The zero-order chi connectivity index (χ0) is 17.9. The smallest absolute Gasteiger partial charge is 0.251 e. The van der Waals surface area contributed by atoms with Gasteiger partial charge in [0.05, 0.1) is 11.4 Å². The number of nitrogens with one attached hydrogen (secondary N) is 1. The van der Waals surface area contributed by atoms with Gasteiger partial charge in [-0.05, 0) is 31.3 Å². The largest absolute Gasteiger partial charge is 0.369 e. The first-order valence-electron chi connectivity index (χ1n) is 8.62. The van der Waals surface area contributed by atoms with E-state index in [9.17, 15) is 4.79 Å². The molecule has 0 aliphatic carbocycles. The van der Waals surface area contributed by atoms with Crippen molar-refractivity contribution in [1.29, 1.82) is 0 Å². The lowest BCUT2D eigenvalue weighted by atomic mass is 10.2. The molecule has 0 bridgehead atoms. The number of hydrogen-bond acceptors (Lipinski definition) is 6. The number of rotatable bonds is 3. The molecule has 4 heterocycles. The van der Waals surface area contributed by atoms with Gasteiger partial charge in [-0.3, -0.25) is 9.78 Å². The third kappa shape index (κ3) is 3.48. The summed E-state index contributed by atoms with van der Waals surface area (Å²) in [6, 6.07) is 11.1. The first kappa shape index (κ1) is 16.4. The maximum absolute atomic E-state index is 11.5. The Labute approximate surface area is 151 Å². The van der Waals surface area contributed by atoms with E-state index in [1.54, 1.807) is 0 Å². The van der Waals surface area contributed by atoms with E-state index in [2.05, 4.69) is 42.8 Å². The molecule has 0 unspecified atom stereocenters. The second kappa shape index (κ2) is 7.05. The van der Waals surface area contributed by atoms with Gasteiger partial charge in [-0.1, -0.05) is 6.07 Å². The van der Waals surface area contributed by atoms with Crippen molar-refractivity contribution in [2.75, 3.05) is 38.1 Å². The Morgan fingerprint density at radius 1 is 0.923 bits per heavy atom. The van der Waals surface area contributed by atoms with Crippen LogP contribution in [0, 0.1) is 0 Å². The SMILES string of the molecule is CN1CCN(c2ccnc(-c3cccc(-c4nccc(=O)[nH]4)n3)c2)CC1. The molecule has 3 aromatic rings. The van der Waals surface area contributed by atoms with E-state index in [0.29, 0.717) is 11.5 Å². The number of H-pyrrole nitrogens is 1. The van der Waals surface area contributed by atoms with Gasteiger partial charge in [0.2, 0.25) is 0 Å². The predicted octanol–water partition coefficient (Wildman–Crippen LogP) is 1.65. The molecule has 0 amide bonds. The van der Waals surface area contributed by atoms with Crippen molar-refractivity contribution in [1.82, 2.24) is 24.8 Å².